The van der Waals surface area contributed by atoms with Crippen LogP contribution in [0.5, 0.6) is 0 Å². The second-order valence-corrected chi connectivity index (χ2v) is 7.80. The maximum Gasteiger partial charge on any atom is 0.159 e. The molecule has 0 spiro atoms. The van der Waals surface area contributed by atoms with Crippen molar-refractivity contribution in [3.63, 3.8) is 0 Å². The third-order valence-corrected chi connectivity index (χ3v) is 6.31. The number of allylic oxidation sites excluding steroid dienone is 2. The van der Waals surface area contributed by atoms with Crippen LogP contribution in [0.1, 0.15) is 76.2 Å². The predicted molar refractivity (Wildman–Crippen MR) is 95.9 cm³/mol. The second-order valence-electron chi connectivity index (χ2n) is 7.80. The zero-order valence-corrected chi connectivity index (χ0v) is 14.8. The molecule has 1 aromatic carbocycles. The average molecular weight is 332 g/mol. The van der Waals surface area contributed by atoms with Crippen LogP contribution in [0.15, 0.2) is 30.4 Å². The zero-order valence-electron chi connectivity index (χ0n) is 14.8. The molecule has 0 aromatic heterocycles. The van der Waals surface area contributed by atoms with Crippen molar-refractivity contribution in [1.29, 1.82) is 0 Å². The normalized spacial score (nSPS) is 31.5. The molecule has 2 saturated carbocycles. The Morgan fingerprint density at radius 1 is 0.875 bits per heavy atom. The predicted octanol–water partition coefficient (Wildman–Crippen LogP) is 7.01. The van der Waals surface area contributed by atoms with E-state index >= 15 is 0 Å². The van der Waals surface area contributed by atoms with Gasteiger partial charge in [-0.2, -0.15) is 0 Å². The second kappa shape index (κ2) is 8.27. The first-order valence-corrected chi connectivity index (χ1v) is 9.79. The number of hydrogen-bond donors (Lipinski definition) is 0. The van der Waals surface area contributed by atoms with E-state index in [0.717, 1.165) is 42.6 Å². The lowest BCUT2D eigenvalue weighted by Crippen LogP contribution is -2.25. The van der Waals surface area contributed by atoms with Gasteiger partial charge in [-0.05, 0) is 99.2 Å². The summed E-state index contributed by atoms with van der Waals surface area (Å²) < 4.78 is 26.5. The highest BCUT2D eigenvalue weighted by molar-refractivity contribution is 5.22. The molecule has 0 atom stereocenters. The maximum absolute atomic E-state index is 13.4. The fourth-order valence-electron chi connectivity index (χ4n) is 4.83. The van der Waals surface area contributed by atoms with E-state index in [1.807, 2.05) is 0 Å². The van der Waals surface area contributed by atoms with E-state index in [4.69, 9.17) is 0 Å². The van der Waals surface area contributed by atoms with Crippen LogP contribution >= 0.6 is 0 Å². The molecule has 0 radical (unpaired) electrons. The van der Waals surface area contributed by atoms with Crippen molar-refractivity contribution in [1.82, 2.24) is 0 Å². The Hall–Kier alpha value is -1.18. The summed E-state index contributed by atoms with van der Waals surface area (Å²) in [6, 6.07) is 4.46. The zero-order chi connectivity index (χ0) is 16.9. The highest BCUT2D eigenvalue weighted by Gasteiger charge is 2.30. The first-order chi connectivity index (χ1) is 11.7. The van der Waals surface area contributed by atoms with Crippen LogP contribution in [0, 0.1) is 29.4 Å². The van der Waals surface area contributed by atoms with E-state index in [1.54, 1.807) is 6.07 Å². The van der Waals surface area contributed by atoms with Crippen LogP contribution < -0.4 is 0 Å². The molecule has 0 nitrogen and oxygen atoms in total. The standard InChI is InChI=1S/C22H30F2/c1-2-3-4-16-5-7-17(8-6-16)18-9-11-19(12-10-18)20-13-14-21(23)22(24)15-20/h3-4,13-19H,2,5-12H2,1H3/b4-3+/t16-,17-,18?,19?. The molecule has 3 rings (SSSR count). The molecule has 0 saturated heterocycles. The first kappa shape index (κ1) is 17.6. The number of benzene rings is 1. The van der Waals surface area contributed by atoms with Crippen LogP contribution in [0.4, 0.5) is 8.78 Å². The van der Waals surface area contributed by atoms with Gasteiger partial charge in [-0.25, -0.2) is 8.78 Å². The van der Waals surface area contributed by atoms with Crippen LogP contribution in [0.2, 0.25) is 0 Å². The largest absolute Gasteiger partial charge is 0.204 e. The Morgan fingerprint density at radius 2 is 1.50 bits per heavy atom. The van der Waals surface area contributed by atoms with Crippen LogP contribution in [-0.4, -0.2) is 0 Å². The molecule has 0 heterocycles. The van der Waals surface area contributed by atoms with Gasteiger partial charge in [0.2, 0.25) is 0 Å². The summed E-state index contributed by atoms with van der Waals surface area (Å²) in [5, 5.41) is 0. The van der Waals surface area contributed by atoms with Gasteiger partial charge in [0.1, 0.15) is 0 Å². The number of rotatable bonds is 4. The number of hydrogen-bond acceptors (Lipinski definition) is 0. The minimum atomic E-state index is -0.735. The van der Waals surface area contributed by atoms with Crippen molar-refractivity contribution < 1.29 is 8.78 Å². The van der Waals surface area contributed by atoms with E-state index in [1.165, 1.54) is 50.7 Å². The molecule has 1 aromatic rings. The Morgan fingerprint density at radius 3 is 2.08 bits per heavy atom. The van der Waals surface area contributed by atoms with Gasteiger partial charge in [-0.1, -0.05) is 25.1 Å². The fourth-order valence-corrected chi connectivity index (χ4v) is 4.83. The minimum absolute atomic E-state index is 0.417. The monoisotopic (exact) mass is 332 g/mol. The molecule has 0 unspecified atom stereocenters. The van der Waals surface area contributed by atoms with Crippen molar-refractivity contribution in [2.75, 3.05) is 0 Å². The van der Waals surface area contributed by atoms with Crippen molar-refractivity contribution in [3.05, 3.63) is 47.5 Å². The van der Waals surface area contributed by atoms with Gasteiger partial charge in [0.25, 0.3) is 0 Å². The molecule has 2 heteroatoms. The first-order valence-electron chi connectivity index (χ1n) is 9.79. The molecular formula is C22H30F2. The van der Waals surface area contributed by atoms with Crippen LogP contribution in [0.3, 0.4) is 0 Å². The smallest absolute Gasteiger partial charge is 0.159 e. The number of halogens is 2. The van der Waals surface area contributed by atoms with Crippen LogP contribution in [0.25, 0.3) is 0 Å². The van der Waals surface area contributed by atoms with Crippen LogP contribution in [-0.2, 0) is 0 Å². The molecule has 24 heavy (non-hydrogen) atoms. The minimum Gasteiger partial charge on any atom is -0.204 e. The summed E-state index contributed by atoms with van der Waals surface area (Å²) in [4.78, 5) is 0. The van der Waals surface area contributed by atoms with Gasteiger partial charge in [0.05, 0.1) is 0 Å². The van der Waals surface area contributed by atoms with Gasteiger partial charge in [0.15, 0.2) is 11.6 Å². The van der Waals surface area contributed by atoms with E-state index in [0.29, 0.717) is 5.92 Å². The van der Waals surface area contributed by atoms with Crippen molar-refractivity contribution in [3.8, 4) is 0 Å². The van der Waals surface area contributed by atoms with E-state index in [-0.39, 0.29) is 0 Å². The van der Waals surface area contributed by atoms with Crippen molar-refractivity contribution >= 4 is 0 Å². The fraction of sp³-hybridized carbons (Fsp3) is 0.636. The Labute approximate surface area is 145 Å². The quantitative estimate of drug-likeness (QED) is 0.520. The summed E-state index contributed by atoms with van der Waals surface area (Å²) in [7, 11) is 0. The van der Waals surface area contributed by atoms with E-state index < -0.39 is 11.6 Å². The lowest BCUT2D eigenvalue weighted by molar-refractivity contribution is 0.171. The Kier molecular flexibility index (Phi) is 6.08. The van der Waals surface area contributed by atoms with Gasteiger partial charge in [-0.3, -0.25) is 0 Å². The molecular weight excluding hydrogens is 302 g/mol. The molecule has 0 bridgehead atoms. The molecule has 2 aliphatic rings. The molecule has 0 N–H and O–H groups in total. The summed E-state index contributed by atoms with van der Waals surface area (Å²) in [6.45, 7) is 2.20. The molecule has 2 aliphatic carbocycles. The van der Waals surface area contributed by atoms with Gasteiger partial charge < -0.3 is 0 Å². The molecule has 2 fully saturated rings. The summed E-state index contributed by atoms with van der Waals surface area (Å²) in [5.41, 5.74) is 0.987. The lowest BCUT2D eigenvalue weighted by Gasteiger charge is -2.37. The Balaban J connectivity index is 1.49. The molecule has 132 valence electrons. The highest BCUT2D eigenvalue weighted by atomic mass is 19.2. The summed E-state index contributed by atoms with van der Waals surface area (Å²) >= 11 is 0. The molecule has 0 aliphatic heterocycles. The van der Waals surface area contributed by atoms with Gasteiger partial charge >= 0.3 is 0 Å². The van der Waals surface area contributed by atoms with Crippen molar-refractivity contribution in [2.45, 2.75) is 70.6 Å². The third kappa shape index (κ3) is 4.26. The summed E-state index contributed by atoms with van der Waals surface area (Å²) in [6.07, 6.45) is 16.1. The Bertz CT molecular complexity index is 547. The molecule has 0 amide bonds. The van der Waals surface area contributed by atoms with Gasteiger partial charge in [-0.15, -0.1) is 0 Å². The van der Waals surface area contributed by atoms with Crippen molar-refractivity contribution in [2.24, 2.45) is 17.8 Å². The van der Waals surface area contributed by atoms with E-state index in [2.05, 4.69) is 19.1 Å². The third-order valence-electron chi connectivity index (χ3n) is 6.31. The average Bonchev–Trinajstić information content (AvgIpc) is 2.63. The van der Waals surface area contributed by atoms with Gasteiger partial charge in [0, 0.05) is 0 Å². The van der Waals surface area contributed by atoms with E-state index in [9.17, 15) is 8.78 Å². The topological polar surface area (TPSA) is 0 Å². The lowest BCUT2D eigenvalue weighted by atomic mass is 9.68. The highest BCUT2D eigenvalue weighted by Crippen LogP contribution is 2.44. The summed E-state index contributed by atoms with van der Waals surface area (Å²) in [5.74, 6) is 1.53. The maximum atomic E-state index is 13.4. The SMILES string of the molecule is CC/C=C/[C@H]1CC[C@H](C2CCC(c3ccc(F)c(F)c3)CC2)CC1.